The molecular formula is C16H12N3NaO4S. The summed E-state index contributed by atoms with van der Waals surface area (Å²) in [6, 6.07) is 13.4. The van der Waals surface area contributed by atoms with E-state index < -0.39 is 10.1 Å². The fraction of sp³-hybridized carbons (Fsp3) is 0. The number of benzene rings is 3. The molecular weight excluding hydrogens is 353 g/mol. The van der Waals surface area contributed by atoms with E-state index in [1.165, 1.54) is 30.3 Å². The summed E-state index contributed by atoms with van der Waals surface area (Å²) in [5.41, 5.74) is 6.91. The third-order valence-electron chi connectivity index (χ3n) is 3.39. The van der Waals surface area contributed by atoms with Crippen LogP contribution in [0.1, 0.15) is 0 Å². The summed E-state index contributed by atoms with van der Waals surface area (Å²) in [7, 11) is -4.56. The molecule has 0 saturated heterocycles. The van der Waals surface area contributed by atoms with E-state index in [4.69, 9.17) is 5.73 Å². The summed E-state index contributed by atoms with van der Waals surface area (Å²) in [4.78, 5) is -0.345. The van der Waals surface area contributed by atoms with Crippen molar-refractivity contribution in [2.75, 3.05) is 5.73 Å². The molecule has 0 atom stereocenters. The smallest absolute Gasteiger partial charge is 0.744 e. The summed E-state index contributed by atoms with van der Waals surface area (Å²) >= 11 is 0. The molecule has 9 heteroatoms. The summed E-state index contributed by atoms with van der Waals surface area (Å²) in [5.74, 6) is -0.112. The van der Waals surface area contributed by atoms with Gasteiger partial charge in [-0.1, -0.05) is 12.1 Å². The van der Waals surface area contributed by atoms with Crippen LogP contribution in [-0.4, -0.2) is 18.1 Å². The number of phenols is 1. The zero-order chi connectivity index (χ0) is 17.3. The third kappa shape index (κ3) is 4.36. The van der Waals surface area contributed by atoms with E-state index in [1.54, 1.807) is 24.3 Å². The van der Waals surface area contributed by atoms with Crippen LogP contribution in [0.3, 0.4) is 0 Å². The van der Waals surface area contributed by atoms with Gasteiger partial charge in [0.25, 0.3) is 0 Å². The van der Waals surface area contributed by atoms with E-state index in [2.05, 4.69) is 10.2 Å². The Morgan fingerprint density at radius 1 is 0.960 bits per heavy atom. The van der Waals surface area contributed by atoms with Crippen LogP contribution in [-0.2, 0) is 10.1 Å². The van der Waals surface area contributed by atoms with Crippen LogP contribution in [0.15, 0.2) is 69.7 Å². The molecule has 3 rings (SSSR count). The standard InChI is InChI=1S/C16H13N3O4S.Na/c17-11-2-4-12(5-3-11)18-19-16-14-7-6-13(24(21,22)23)9-10(14)1-8-15(16)20;/h1-9,20H,17H2,(H,21,22,23);/q;+1/p-1. The van der Waals surface area contributed by atoms with Crippen molar-refractivity contribution >= 4 is 38.0 Å². The van der Waals surface area contributed by atoms with Crippen molar-refractivity contribution in [3.8, 4) is 5.75 Å². The average Bonchev–Trinajstić information content (AvgIpc) is 2.54. The molecule has 0 aliphatic carbocycles. The van der Waals surface area contributed by atoms with Gasteiger partial charge in [-0.05, 0) is 47.9 Å². The van der Waals surface area contributed by atoms with E-state index in [0.29, 0.717) is 22.1 Å². The van der Waals surface area contributed by atoms with Gasteiger partial charge >= 0.3 is 29.6 Å². The Morgan fingerprint density at radius 3 is 2.28 bits per heavy atom. The van der Waals surface area contributed by atoms with Crippen molar-refractivity contribution in [1.82, 2.24) is 0 Å². The summed E-state index contributed by atoms with van der Waals surface area (Å²) in [6.45, 7) is 0. The van der Waals surface area contributed by atoms with E-state index in [0.717, 1.165) is 0 Å². The van der Waals surface area contributed by atoms with Gasteiger partial charge in [-0.15, -0.1) is 5.11 Å². The van der Waals surface area contributed by atoms with Crippen molar-refractivity contribution in [3.05, 3.63) is 54.6 Å². The van der Waals surface area contributed by atoms with Crippen molar-refractivity contribution in [2.45, 2.75) is 4.90 Å². The first-order valence-electron chi connectivity index (χ1n) is 6.83. The molecule has 3 aromatic carbocycles. The average molecular weight is 365 g/mol. The minimum absolute atomic E-state index is 0. The largest absolute Gasteiger partial charge is 1.00 e. The summed E-state index contributed by atoms with van der Waals surface area (Å²) in [5, 5.41) is 19.0. The van der Waals surface area contributed by atoms with E-state index in [9.17, 15) is 18.1 Å². The van der Waals surface area contributed by atoms with Gasteiger partial charge in [-0.25, -0.2) is 8.42 Å². The van der Waals surface area contributed by atoms with Crippen LogP contribution in [0, 0.1) is 0 Å². The second-order valence-corrected chi connectivity index (χ2v) is 6.44. The molecule has 0 bridgehead atoms. The van der Waals surface area contributed by atoms with Crippen molar-refractivity contribution in [1.29, 1.82) is 0 Å². The van der Waals surface area contributed by atoms with Gasteiger partial charge in [-0.3, -0.25) is 0 Å². The molecule has 0 unspecified atom stereocenters. The number of aromatic hydroxyl groups is 1. The van der Waals surface area contributed by atoms with Crippen LogP contribution in [0.5, 0.6) is 5.75 Å². The molecule has 0 radical (unpaired) electrons. The molecule has 0 heterocycles. The zero-order valence-electron chi connectivity index (χ0n) is 13.2. The first-order chi connectivity index (χ1) is 11.3. The van der Waals surface area contributed by atoms with E-state index in [-0.39, 0.29) is 45.9 Å². The third-order valence-corrected chi connectivity index (χ3v) is 4.22. The first-order valence-corrected chi connectivity index (χ1v) is 8.24. The Balaban J connectivity index is 0.00000225. The zero-order valence-corrected chi connectivity index (χ0v) is 16.1. The molecule has 3 N–H and O–H groups in total. The number of hydrogen-bond donors (Lipinski definition) is 2. The number of anilines is 1. The number of fused-ring (bicyclic) bond motifs is 1. The van der Waals surface area contributed by atoms with Crippen LogP contribution in [0.2, 0.25) is 0 Å². The molecule has 122 valence electrons. The second-order valence-electron chi connectivity index (χ2n) is 5.06. The number of azo groups is 1. The van der Waals surface area contributed by atoms with Gasteiger partial charge in [0, 0.05) is 11.1 Å². The van der Waals surface area contributed by atoms with Gasteiger partial charge in [-0.2, -0.15) is 5.11 Å². The molecule has 0 aromatic heterocycles. The molecule has 3 aromatic rings. The first kappa shape index (κ1) is 19.4. The maximum atomic E-state index is 11.1. The SMILES string of the molecule is Nc1ccc(N=Nc2c(O)ccc3cc(S(=O)(=O)[O-])ccc23)cc1.[Na+]. The number of rotatable bonds is 3. The normalized spacial score (nSPS) is 11.6. The van der Waals surface area contributed by atoms with Gasteiger partial charge in [0.05, 0.1) is 10.6 Å². The predicted molar refractivity (Wildman–Crippen MR) is 88.6 cm³/mol. The van der Waals surface area contributed by atoms with Gasteiger partial charge in [0.15, 0.2) is 0 Å². The van der Waals surface area contributed by atoms with Crippen LogP contribution in [0.25, 0.3) is 10.8 Å². The van der Waals surface area contributed by atoms with Crippen molar-refractivity contribution < 1.29 is 47.6 Å². The van der Waals surface area contributed by atoms with E-state index in [1.807, 2.05) is 0 Å². The maximum Gasteiger partial charge on any atom is 1.00 e. The second kappa shape index (κ2) is 7.51. The van der Waals surface area contributed by atoms with Gasteiger partial charge in [0.2, 0.25) is 0 Å². The topological polar surface area (TPSA) is 128 Å². The molecule has 0 fully saturated rings. The minimum Gasteiger partial charge on any atom is -0.744 e. The van der Waals surface area contributed by atoms with E-state index >= 15 is 0 Å². The Hall–Kier alpha value is -1.97. The number of nitrogen functional groups attached to an aromatic ring is 1. The Morgan fingerprint density at radius 2 is 1.64 bits per heavy atom. The molecule has 0 aliphatic rings. The molecule has 25 heavy (non-hydrogen) atoms. The van der Waals surface area contributed by atoms with Gasteiger partial charge in [0.1, 0.15) is 21.6 Å². The number of phenolic OH excluding ortho intramolecular Hbond substituents is 1. The van der Waals surface area contributed by atoms with Crippen LogP contribution < -0.4 is 35.3 Å². The minimum atomic E-state index is -4.56. The Labute approximate surface area is 166 Å². The van der Waals surface area contributed by atoms with Crippen molar-refractivity contribution in [2.24, 2.45) is 10.2 Å². The Kier molecular flexibility index (Phi) is 5.81. The number of nitrogens with two attached hydrogens (primary N) is 1. The molecule has 0 aliphatic heterocycles. The monoisotopic (exact) mass is 365 g/mol. The molecule has 0 spiro atoms. The fourth-order valence-electron chi connectivity index (χ4n) is 2.19. The van der Waals surface area contributed by atoms with Crippen molar-refractivity contribution in [3.63, 3.8) is 0 Å². The summed E-state index contributed by atoms with van der Waals surface area (Å²) < 4.78 is 33.3. The Bertz CT molecular complexity index is 1050. The molecule has 7 nitrogen and oxygen atoms in total. The predicted octanol–water partition coefficient (Wildman–Crippen LogP) is 0.451. The van der Waals surface area contributed by atoms with Gasteiger partial charge < -0.3 is 15.4 Å². The number of nitrogens with zero attached hydrogens (tertiary/aromatic N) is 2. The molecule has 0 saturated carbocycles. The fourth-order valence-corrected chi connectivity index (χ4v) is 2.70. The summed E-state index contributed by atoms with van der Waals surface area (Å²) in [6.07, 6.45) is 0. The maximum absolute atomic E-state index is 11.1. The molecule has 0 amide bonds. The quantitative estimate of drug-likeness (QED) is 0.301. The number of hydrogen-bond acceptors (Lipinski definition) is 7. The van der Waals surface area contributed by atoms with Crippen LogP contribution in [0.4, 0.5) is 17.1 Å². The van der Waals surface area contributed by atoms with Crippen LogP contribution >= 0.6 is 0 Å².